The van der Waals surface area contributed by atoms with Crippen molar-refractivity contribution < 1.29 is 22.4 Å². The number of carbonyl (C=O) groups excluding carboxylic acids is 1. The molecule has 0 saturated carbocycles. The van der Waals surface area contributed by atoms with Crippen LogP contribution in [0.1, 0.15) is 18.4 Å². The zero-order valence-electron chi connectivity index (χ0n) is 20.3. The van der Waals surface area contributed by atoms with Crippen LogP contribution in [-0.2, 0) is 11.0 Å². The molecular weight excluding hydrogens is 506 g/mol. The summed E-state index contributed by atoms with van der Waals surface area (Å²) in [7, 11) is 0. The monoisotopic (exact) mass is 531 g/mol. The SMILES string of the molecule is C=CC(=O)N1CCC12CN(c1nccn3c(N4C[C@H](F)C[C@@H](Nc5ncc(C(F)(F)F)cn5)C4)ncc13)C2. The van der Waals surface area contributed by atoms with E-state index in [0.29, 0.717) is 38.0 Å². The van der Waals surface area contributed by atoms with E-state index in [1.165, 1.54) is 6.08 Å². The highest BCUT2D eigenvalue weighted by Crippen LogP contribution is 2.42. The second kappa shape index (κ2) is 8.81. The molecule has 1 N–H and O–H groups in total. The van der Waals surface area contributed by atoms with Crippen molar-refractivity contribution in [2.45, 2.75) is 36.8 Å². The number of piperidine rings is 1. The van der Waals surface area contributed by atoms with Gasteiger partial charge >= 0.3 is 6.18 Å². The van der Waals surface area contributed by atoms with Crippen LogP contribution < -0.4 is 15.1 Å². The Morgan fingerprint density at radius 3 is 2.53 bits per heavy atom. The third-order valence-corrected chi connectivity index (χ3v) is 7.50. The van der Waals surface area contributed by atoms with Crippen molar-refractivity contribution in [3.05, 3.63) is 49.2 Å². The molecule has 3 fully saturated rings. The second-order valence-corrected chi connectivity index (χ2v) is 9.96. The number of anilines is 3. The van der Waals surface area contributed by atoms with E-state index in [4.69, 9.17) is 0 Å². The third-order valence-electron chi connectivity index (χ3n) is 7.50. The highest BCUT2D eigenvalue weighted by atomic mass is 19.4. The molecule has 2 atom stereocenters. The predicted octanol–water partition coefficient (Wildman–Crippen LogP) is 2.54. The van der Waals surface area contributed by atoms with E-state index in [1.807, 2.05) is 9.30 Å². The molecule has 0 aromatic carbocycles. The van der Waals surface area contributed by atoms with Crippen LogP contribution in [0.2, 0.25) is 0 Å². The van der Waals surface area contributed by atoms with E-state index in [1.54, 1.807) is 23.5 Å². The molecule has 3 aliphatic heterocycles. The number of aromatic nitrogens is 5. The Bertz CT molecular complexity index is 1370. The van der Waals surface area contributed by atoms with Crippen LogP contribution in [0, 0.1) is 0 Å². The van der Waals surface area contributed by atoms with Crippen molar-refractivity contribution in [2.24, 2.45) is 0 Å². The van der Waals surface area contributed by atoms with Crippen molar-refractivity contribution in [3.8, 4) is 0 Å². The van der Waals surface area contributed by atoms with Crippen LogP contribution in [0.5, 0.6) is 0 Å². The summed E-state index contributed by atoms with van der Waals surface area (Å²) >= 11 is 0. The molecule has 1 amide bonds. The molecule has 3 aromatic rings. The minimum atomic E-state index is -4.53. The van der Waals surface area contributed by atoms with Crippen molar-refractivity contribution in [2.75, 3.05) is 47.8 Å². The average molecular weight is 532 g/mol. The predicted molar refractivity (Wildman–Crippen MR) is 131 cm³/mol. The lowest BCUT2D eigenvalue weighted by Crippen LogP contribution is -2.78. The molecule has 38 heavy (non-hydrogen) atoms. The van der Waals surface area contributed by atoms with Gasteiger partial charge in [0.1, 0.15) is 11.7 Å². The maximum atomic E-state index is 14.8. The fourth-order valence-electron chi connectivity index (χ4n) is 5.55. The standard InChI is InChI=1S/C24H25F4N9O/c1-2-19(38)37-5-3-23(37)13-35(14-23)20-18-10-32-22(36(18)6-4-29-20)34-11-16(25)7-17(12-34)33-21-30-8-15(9-31-21)24(26,27)28/h2,4,6,8-10,16-17H,1,3,5,7,11-14H2,(H,30,31,33)/t16-,17-/m1/s1. The molecule has 3 aromatic heterocycles. The lowest BCUT2D eigenvalue weighted by atomic mass is 9.77. The van der Waals surface area contributed by atoms with Gasteiger partial charge in [-0.1, -0.05) is 6.58 Å². The first-order valence-corrected chi connectivity index (χ1v) is 12.2. The summed E-state index contributed by atoms with van der Waals surface area (Å²) in [5, 5.41) is 2.95. The fourth-order valence-corrected chi connectivity index (χ4v) is 5.55. The zero-order valence-corrected chi connectivity index (χ0v) is 20.3. The van der Waals surface area contributed by atoms with Gasteiger partial charge in [-0.3, -0.25) is 9.20 Å². The number of likely N-dealkylation sites (tertiary alicyclic amines) is 1. The van der Waals surface area contributed by atoms with Crippen LogP contribution in [0.15, 0.2) is 43.6 Å². The Balaban J connectivity index is 1.18. The number of nitrogens with zero attached hydrogens (tertiary/aromatic N) is 8. The molecule has 0 bridgehead atoms. The number of carbonyl (C=O) groups is 1. The van der Waals surface area contributed by atoms with Gasteiger partial charge in [-0.05, 0) is 12.5 Å². The van der Waals surface area contributed by atoms with Crippen LogP contribution in [0.25, 0.3) is 5.52 Å². The molecule has 0 unspecified atom stereocenters. The van der Waals surface area contributed by atoms with Crippen LogP contribution in [-0.4, -0.2) is 85.6 Å². The number of imidazole rings is 1. The van der Waals surface area contributed by atoms with Gasteiger partial charge in [-0.25, -0.2) is 24.3 Å². The lowest BCUT2D eigenvalue weighted by Gasteiger charge is -2.62. The van der Waals surface area contributed by atoms with Gasteiger partial charge in [0.2, 0.25) is 17.8 Å². The first-order chi connectivity index (χ1) is 18.2. The van der Waals surface area contributed by atoms with Crippen molar-refractivity contribution in [1.29, 1.82) is 0 Å². The molecule has 0 radical (unpaired) electrons. The molecule has 3 saturated heterocycles. The normalized spacial score (nSPS) is 22.8. The van der Waals surface area contributed by atoms with E-state index >= 15 is 0 Å². The van der Waals surface area contributed by atoms with Crippen molar-refractivity contribution in [3.63, 3.8) is 0 Å². The fraction of sp³-hybridized carbons (Fsp3) is 0.458. The number of halogens is 4. The molecule has 0 aliphatic carbocycles. The van der Waals surface area contributed by atoms with Crippen molar-refractivity contribution in [1.82, 2.24) is 29.2 Å². The summed E-state index contributed by atoms with van der Waals surface area (Å²) in [5.74, 6) is 1.21. The van der Waals surface area contributed by atoms with E-state index in [2.05, 4.69) is 36.7 Å². The van der Waals surface area contributed by atoms with Crippen LogP contribution in [0.3, 0.4) is 0 Å². The molecule has 200 valence electrons. The quantitative estimate of drug-likeness (QED) is 0.397. The first-order valence-electron chi connectivity index (χ1n) is 12.2. The van der Waals surface area contributed by atoms with Crippen LogP contribution >= 0.6 is 0 Å². The highest BCUT2D eigenvalue weighted by molar-refractivity contribution is 5.89. The summed E-state index contributed by atoms with van der Waals surface area (Å²) in [6.07, 6.45) is 3.24. The Morgan fingerprint density at radius 2 is 1.87 bits per heavy atom. The third kappa shape index (κ3) is 4.07. The summed E-state index contributed by atoms with van der Waals surface area (Å²) in [6.45, 7) is 6.11. The Kier molecular flexibility index (Phi) is 5.65. The minimum absolute atomic E-state index is 0.00296. The zero-order chi connectivity index (χ0) is 26.7. The van der Waals surface area contributed by atoms with E-state index in [-0.39, 0.29) is 30.4 Å². The molecule has 10 nitrogen and oxygen atoms in total. The second-order valence-electron chi connectivity index (χ2n) is 9.96. The maximum Gasteiger partial charge on any atom is 0.419 e. The Hall–Kier alpha value is -3.97. The summed E-state index contributed by atoms with van der Waals surface area (Å²) in [5.41, 5.74) is -0.374. The van der Waals surface area contributed by atoms with Gasteiger partial charge < -0.3 is 20.0 Å². The van der Waals surface area contributed by atoms with Gasteiger partial charge in [0.15, 0.2) is 5.82 Å². The first kappa shape index (κ1) is 24.4. The molecule has 3 aliphatic rings. The molecule has 14 heteroatoms. The average Bonchev–Trinajstić information content (AvgIpc) is 3.27. The molecule has 1 spiro atoms. The van der Waals surface area contributed by atoms with E-state index in [0.717, 1.165) is 24.3 Å². The van der Waals surface area contributed by atoms with E-state index < -0.39 is 24.0 Å². The molecular formula is C24H25F4N9O. The Morgan fingerprint density at radius 1 is 1.11 bits per heavy atom. The number of rotatable bonds is 5. The molecule has 6 heterocycles. The summed E-state index contributed by atoms with van der Waals surface area (Å²) in [4.78, 5) is 34.5. The summed E-state index contributed by atoms with van der Waals surface area (Å²) < 4.78 is 55.0. The van der Waals surface area contributed by atoms with Gasteiger partial charge in [-0.15, -0.1) is 0 Å². The minimum Gasteiger partial charge on any atom is -0.350 e. The lowest BCUT2D eigenvalue weighted by molar-refractivity contribution is -0.144. The highest BCUT2D eigenvalue weighted by Gasteiger charge is 2.55. The topological polar surface area (TPSA) is 94.8 Å². The van der Waals surface area contributed by atoms with Gasteiger partial charge in [0.05, 0.1) is 23.8 Å². The summed E-state index contributed by atoms with van der Waals surface area (Å²) in [6, 6.07) is -0.439. The number of hydrogen-bond acceptors (Lipinski definition) is 8. The van der Waals surface area contributed by atoms with E-state index in [9.17, 15) is 22.4 Å². The number of alkyl halides is 4. The van der Waals surface area contributed by atoms with Gasteiger partial charge in [-0.2, -0.15) is 13.2 Å². The Labute approximate surface area is 215 Å². The number of hydrogen-bond donors (Lipinski definition) is 1. The smallest absolute Gasteiger partial charge is 0.350 e. The maximum absolute atomic E-state index is 14.8. The van der Waals surface area contributed by atoms with Crippen LogP contribution in [0.4, 0.5) is 35.3 Å². The number of fused-ring (bicyclic) bond motifs is 1. The van der Waals surface area contributed by atoms with Gasteiger partial charge in [0, 0.05) is 63.4 Å². The van der Waals surface area contributed by atoms with Gasteiger partial charge in [0.25, 0.3) is 0 Å². The number of nitrogens with one attached hydrogen (secondary N) is 1. The number of amides is 1. The van der Waals surface area contributed by atoms with Crippen molar-refractivity contribution >= 4 is 29.1 Å². The largest absolute Gasteiger partial charge is 0.419 e. The molecule has 6 rings (SSSR count).